The number of benzene rings is 1. The highest BCUT2D eigenvalue weighted by Crippen LogP contribution is 2.37. The van der Waals surface area contributed by atoms with Gasteiger partial charge in [0.25, 0.3) is 5.91 Å². The Kier molecular flexibility index (Phi) is 8.35. The number of aryl methyl sites for hydroxylation is 1. The van der Waals surface area contributed by atoms with Crippen LogP contribution in [0.1, 0.15) is 45.4 Å². The van der Waals surface area contributed by atoms with E-state index in [-0.39, 0.29) is 12.0 Å². The Morgan fingerprint density at radius 2 is 1.94 bits per heavy atom. The number of rotatable bonds is 7. The smallest absolute Gasteiger partial charge is 0.291 e. The number of likely N-dealkylation sites (N-methyl/N-ethyl adjacent to an activating group) is 1. The van der Waals surface area contributed by atoms with Gasteiger partial charge >= 0.3 is 0 Å². The summed E-state index contributed by atoms with van der Waals surface area (Å²) in [7, 11) is 3.93. The minimum Gasteiger partial charge on any atom is -0.392 e. The van der Waals surface area contributed by atoms with Gasteiger partial charge in [-0.15, -0.1) is 0 Å². The number of carbonyl (C=O) groups is 1. The summed E-state index contributed by atoms with van der Waals surface area (Å²) in [6.07, 6.45) is 4.86. The van der Waals surface area contributed by atoms with Gasteiger partial charge in [0.1, 0.15) is 11.3 Å². The fourth-order valence-electron chi connectivity index (χ4n) is 6.49. The van der Waals surface area contributed by atoms with Crippen molar-refractivity contribution in [2.45, 2.75) is 45.9 Å². The summed E-state index contributed by atoms with van der Waals surface area (Å²) in [6, 6.07) is 9.58. The van der Waals surface area contributed by atoms with Crippen LogP contribution < -0.4 is 10.6 Å². The van der Waals surface area contributed by atoms with Gasteiger partial charge in [-0.2, -0.15) is 0 Å². The number of likely N-dealkylation sites (tertiary alicyclic amines) is 1. The molecule has 1 atom stereocenters. The molecule has 0 aliphatic carbocycles. The summed E-state index contributed by atoms with van der Waals surface area (Å²) in [6.45, 7) is 7.73. The normalized spacial score (nSPS) is 16.9. The standard InChI is InChI=1S/C34H37ClN10O2/c1-19-23(30-29(35)25(8-11-36-30)42-34(47)33-41-27-18-43(3)12-10-28(27)44(33)4)6-5-7-24(19)40-32-31-26(38-20(2)39-32)14-21(15-37-31)16-45-13-9-22(46)17-45/h5-8,11,14-15,22,46H,9-10,12-13,16-18H2,1-4H3,(H,36,42,47)(H,38,39,40)/t22-/m1/s1. The Bertz CT molecular complexity index is 2010. The van der Waals surface area contributed by atoms with Crippen molar-refractivity contribution in [3.05, 3.63) is 81.9 Å². The van der Waals surface area contributed by atoms with Crippen molar-refractivity contribution in [1.29, 1.82) is 0 Å². The first-order valence-electron chi connectivity index (χ1n) is 15.7. The Hall–Kier alpha value is -4.49. The number of fused-ring (bicyclic) bond motifs is 2. The molecule has 2 aliphatic rings. The number of β-amino-alcohol motifs (C(OH)–C–C–N with tert-alkyl or cyclic N) is 1. The van der Waals surface area contributed by atoms with Crippen molar-refractivity contribution in [3.63, 3.8) is 0 Å². The molecule has 13 heteroatoms. The molecule has 4 aromatic heterocycles. The van der Waals surface area contributed by atoms with Crippen LogP contribution in [0.5, 0.6) is 0 Å². The van der Waals surface area contributed by atoms with E-state index in [1.54, 1.807) is 12.3 Å². The maximum absolute atomic E-state index is 13.4. The molecule has 0 unspecified atom stereocenters. The maximum Gasteiger partial charge on any atom is 0.291 e. The van der Waals surface area contributed by atoms with Crippen molar-refractivity contribution in [1.82, 2.24) is 39.3 Å². The lowest BCUT2D eigenvalue weighted by atomic mass is 10.0. The number of aliphatic hydroxyl groups is 1. The predicted octanol–water partition coefficient (Wildman–Crippen LogP) is 4.64. The Labute approximate surface area is 277 Å². The van der Waals surface area contributed by atoms with Crippen LogP contribution >= 0.6 is 11.6 Å². The Morgan fingerprint density at radius 3 is 2.74 bits per heavy atom. The number of nitrogens with zero attached hydrogens (tertiary/aromatic N) is 8. The van der Waals surface area contributed by atoms with Crippen LogP contribution in [0.25, 0.3) is 22.3 Å². The first-order chi connectivity index (χ1) is 22.6. The van der Waals surface area contributed by atoms with Crippen molar-refractivity contribution < 1.29 is 9.90 Å². The number of anilines is 3. The molecule has 1 amide bonds. The van der Waals surface area contributed by atoms with E-state index in [1.165, 1.54) is 0 Å². The number of hydrogen-bond donors (Lipinski definition) is 3. The lowest BCUT2D eigenvalue weighted by Gasteiger charge is -2.21. The molecule has 6 heterocycles. The predicted molar refractivity (Wildman–Crippen MR) is 182 cm³/mol. The molecule has 1 fully saturated rings. The Morgan fingerprint density at radius 1 is 1.09 bits per heavy atom. The second kappa shape index (κ2) is 12.6. The highest BCUT2D eigenvalue weighted by atomic mass is 35.5. The molecule has 2 aliphatic heterocycles. The van der Waals surface area contributed by atoms with Crippen molar-refractivity contribution >= 4 is 45.7 Å². The highest BCUT2D eigenvalue weighted by Gasteiger charge is 2.25. The zero-order chi connectivity index (χ0) is 32.8. The van der Waals surface area contributed by atoms with E-state index in [1.807, 2.05) is 55.9 Å². The van der Waals surface area contributed by atoms with Crippen LogP contribution in [-0.4, -0.2) is 83.1 Å². The van der Waals surface area contributed by atoms with E-state index < -0.39 is 0 Å². The number of imidazole rings is 1. The molecule has 0 spiro atoms. The van der Waals surface area contributed by atoms with Gasteiger partial charge in [-0.1, -0.05) is 23.7 Å². The Balaban J connectivity index is 1.15. The fourth-order valence-corrected chi connectivity index (χ4v) is 6.75. The van der Waals surface area contributed by atoms with Gasteiger partial charge in [-0.05, 0) is 56.6 Å². The summed E-state index contributed by atoms with van der Waals surface area (Å²) in [5, 5.41) is 16.7. The first-order valence-corrected chi connectivity index (χ1v) is 16.1. The molecule has 1 aromatic carbocycles. The summed E-state index contributed by atoms with van der Waals surface area (Å²) < 4.78 is 1.88. The molecule has 0 saturated carbocycles. The average Bonchev–Trinajstić information content (AvgIpc) is 3.60. The summed E-state index contributed by atoms with van der Waals surface area (Å²) in [5.41, 5.74) is 7.99. The molecule has 12 nitrogen and oxygen atoms in total. The molecule has 0 bridgehead atoms. The van der Waals surface area contributed by atoms with Crippen LogP contribution in [0.3, 0.4) is 0 Å². The second-order valence-electron chi connectivity index (χ2n) is 12.5. The molecule has 47 heavy (non-hydrogen) atoms. The van der Waals surface area contributed by atoms with E-state index >= 15 is 0 Å². The van der Waals surface area contributed by atoms with Gasteiger partial charge in [0.2, 0.25) is 0 Å². The minimum absolute atomic E-state index is 0.270. The van der Waals surface area contributed by atoms with E-state index in [0.29, 0.717) is 59.0 Å². The first kappa shape index (κ1) is 31.1. The number of aromatic nitrogens is 6. The number of halogens is 1. The van der Waals surface area contributed by atoms with Gasteiger partial charge in [0, 0.05) is 75.5 Å². The third-order valence-electron chi connectivity index (χ3n) is 8.99. The molecular weight excluding hydrogens is 616 g/mol. The van der Waals surface area contributed by atoms with Crippen LogP contribution in [0.2, 0.25) is 5.02 Å². The van der Waals surface area contributed by atoms with Crippen LogP contribution in [-0.2, 0) is 26.6 Å². The van der Waals surface area contributed by atoms with Crippen LogP contribution in [0.4, 0.5) is 17.2 Å². The third-order valence-corrected chi connectivity index (χ3v) is 9.37. The van der Waals surface area contributed by atoms with E-state index in [9.17, 15) is 9.90 Å². The SMILES string of the molecule is Cc1nc(Nc2cccc(-c3nccc(NC(=O)c4nc5c(n4C)CCN(C)C5)c3Cl)c2C)c2ncc(CN3CC[C@@H](O)C3)cc2n1. The monoisotopic (exact) mass is 652 g/mol. The van der Waals surface area contributed by atoms with Gasteiger partial charge < -0.3 is 25.2 Å². The topological polar surface area (TPSA) is 137 Å². The van der Waals surface area contributed by atoms with E-state index in [0.717, 1.165) is 65.2 Å². The zero-order valence-corrected chi connectivity index (χ0v) is 27.6. The van der Waals surface area contributed by atoms with E-state index in [2.05, 4.69) is 47.4 Å². The summed E-state index contributed by atoms with van der Waals surface area (Å²) in [5.74, 6) is 1.25. The average molecular weight is 653 g/mol. The fraction of sp³-hybridized carbons (Fsp3) is 0.353. The van der Waals surface area contributed by atoms with Gasteiger partial charge in [-0.25, -0.2) is 15.0 Å². The number of carbonyl (C=O) groups excluding carboxylic acids is 1. The zero-order valence-electron chi connectivity index (χ0n) is 26.9. The number of pyridine rings is 2. The number of nitrogens with one attached hydrogen (secondary N) is 2. The maximum atomic E-state index is 13.4. The van der Waals surface area contributed by atoms with Gasteiger partial charge in [0.05, 0.1) is 33.7 Å². The lowest BCUT2D eigenvalue weighted by Crippen LogP contribution is -2.27. The molecule has 5 aromatic rings. The third kappa shape index (κ3) is 6.17. The van der Waals surface area contributed by atoms with Crippen molar-refractivity contribution in [3.8, 4) is 11.3 Å². The molecule has 7 rings (SSSR count). The van der Waals surface area contributed by atoms with Crippen molar-refractivity contribution in [2.75, 3.05) is 37.3 Å². The number of aliphatic hydroxyl groups excluding tert-OH is 1. The highest BCUT2D eigenvalue weighted by molar-refractivity contribution is 6.36. The number of hydrogen-bond acceptors (Lipinski definition) is 10. The minimum atomic E-state index is -0.324. The van der Waals surface area contributed by atoms with Gasteiger partial charge in [0.15, 0.2) is 11.6 Å². The second-order valence-corrected chi connectivity index (χ2v) is 12.8. The van der Waals surface area contributed by atoms with Crippen LogP contribution in [0.15, 0.2) is 42.7 Å². The molecule has 0 radical (unpaired) electrons. The van der Waals surface area contributed by atoms with Gasteiger partial charge in [-0.3, -0.25) is 19.7 Å². The number of amides is 1. The van der Waals surface area contributed by atoms with E-state index in [4.69, 9.17) is 16.6 Å². The lowest BCUT2D eigenvalue weighted by molar-refractivity contribution is 0.101. The quantitative estimate of drug-likeness (QED) is 0.228. The molecular formula is C34H37ClN10O2. The molecule has 3 N–H and O–H groups in total. The van der Waals surface area contributed by atoms with Crippen molar-refractivity contribution in [2.24, 2.45) is 7.05 Å². The largest absolute Gasteiger partial charge is 0.392 e. The van der Waals surface area contributed by atoms with Crippen LogP contribution in [0, 0.1) is 13.8 Å². The molecule has 242 valence electrons. The molecule has 1 saturated heterocycles. The summed E-state index contributed by atoms with van der Waals surface area (Å²) >= 11 is 6.92. The summed E-state index contributed by atoms with van der Waals surface area (Å²) in [4.78, 5) is 41.1.